The second kappa shape index (κ2) is 6.27. The van der Waals surface area contributed by atoms with E-state index in [2.05, 4.69) is 40.1 Å². The van der Waals surface area contributed by atoms with Crippen LogP contribution in [-0.2, 0) is 0 Å². The average Bonchev–Trinajstić information content (AvgIpc) is 2.36. The topological polar surface area (TPSA) is 41.1 Å². The van der Waals surface area contributed by atoms with Crippen LogP contribution in [-0.4, -0.2) is 40.6 Å². The fourth-order valence-corrected chi connectivity index (χ4v) is 3.10. The summed E-state index contributed by atoms with van der Waals surface area (Å²) in [6, 6.07) is 2.64. The predicted octanol–water partition coefficient (Wildman–Crippen LogP) is 2.55. The maximum Gasteiger partial charge on any atom is 0.224 e. The number of hydrogen-bond acceptors (Lipinski definition) is 5. The third-order valence-corrected chi connectivity index (χ3v) is 4.23. The first-order valence-electron chi connectivity index (χ1n) is 6.64. The minimum atomic E-state index is 0.553. The summed E-state index contributed by atoms with van der Waals surface area (Å²) in [5.74, 6) is 4.19. The number of thioether (sulfide) groups is 1. The van der Waals surface area contributed by atoms with Gasteiger partial charge in [0.05, 0.1) is 0 Å². The summed E-state index contributed by atoms with van der Waals surface area (Å²) < 4.78 is 0. The number of rotatable bonds is 4. The zero-order chi connectivity index (χ0) is 13.0. The Bertz CT molecular complexity index is 397. The van der Waals surface area contributed by atoms with Crippen LogP contribution in [0.25, 0.3) is 0 Å². The van der Waals surface area contributed by atoms with Crippen LogP contribution in [0.3, 0.4) is 0 Å². The smallest absolute Gasteiger partial charge is 0.224 e. The van der Waals surface area contributed by atoms with Crippen LogP contribution >= 0.6 is 11.8 Å². The van der Waals surface area contributed by atoms with Gasteiger partial charge in [-0.2, -0.15) is 16.7 Å². The van der Waals surface area contributed by atoms with Crippen molar-refractivity contribution in [3.63, 3.8) is 0 Å². The highest BCUT2D eigenvalue weighted by Crippen LogP contribution is 2.23. The standard InChI is InChI=1S/C13H22N4S/c1-4-5-14-13-15-10(2)8-12(16-13)17-6-7-18-9-11(17)3/h8,11H,4-7,9H2,1-3H3,(H,14,15,16). The zero-order valence-electron chi connectivity index (χ0n) is 11.4. The van der Waals surface area contributed by atoms with E-state index in [0.29, 0.717) is 6.04 Å². The van der Waals surface area contributed by atoms with Crippen molar-refractivity contribution in [2.24, 2.45) is 0 Å². The quantitative estimate of drug-likeness (QED) is 0.907. The SMILES string of the molecule is CCCNc1nc(C)cc(N2CCSCC2C)n1. The lowest BCUT2D eigenvalue weighted by Gasteiger charge is -2.34. The lowest BCUT2D eigenvalue weighted by atomic mass is 10.3. The molecule has 1 aromatic heterocycles. The van der Waals surface area contributed by atoms with Gasteiger partial charge in [-0.25, -0.2) is 4.98 Å². The fourth-order valence-electron chi connectivity index (χ4n) is 2.08. The maximum atomic E-state index is 4.64. The summed E-state index contributed by atoms with van der Waals surface area (Å²) in [6.07, 6.45) is 1.09. The van der Waals surface area contributed by atoms with E-state index >= 15 is 0 Å². The van der Waals surface area contributed by atoms with Gasteiger partial charge in [0.15, 0.2) is 0 Å². The van der Waals surface area contributed by atoms with Crippen LogP contribution < -0.4 is 10.2 Å². The summed E-state index contributed by atoms with van der Waals surface area (Å²) in [5.41, 5.74) is 1.03. The van der Waals surface area contributed by atoms with E-state index in [4.69, 9.17) is 0 Å². The molecule has 1 unspecified atom stereocenters. The van der Waals surface area contributed by atoms with Gasteiger partial charge < -0.3 is 10.2 Å². The maximum absolute atomic E-state index is 4.64. The summed E-state index contributed by atoms with van der Waals surface area (Å²) >= 11 is 2.02. The number of aryl methyl sites for hydroxylation is 1. The lowest BCUT2D eigenvalue weighted by molar-refractivity contribution is 0.688. The van der Waals surface area contributed by atoms with Crippen LogP contribution in [0, 0.1) is 6.92 Å². The van der Waals surface area contributed by atoms with E-state index in [1.807, 2.05) is 18.7 Å². The predicted molar refractivity (Wildman–Crippen MR) is 79.7 cm³/mol. The molecule has 1 N–H and O–H groups in total. The van der Waals surface area contributed by atoms with Crippen LogP contribution in [0.2, 0.25) is 0 Å². The summed E-state index contributed by atoms with van der Waals surface area (Å²) in [7, 11) is 0. The Hall–Kier alpha value is -0.970. The monoisotopic (exact) mass is 266 g/mol. The van der Waals surface area contributed by atoms with E-state index < -0.39 is 0 Å². The van der Waals surface area contributed by atoms with Gasteiger partial charge in [0.25, 0.3) is 0 Å². The molecule has 5 heteroatoms. The molecule has 2 heterocycles. The average molecular weight is 266 g/mol. The van der Waals surface area contributed by atoms with E-state index in [9.17, 15) is 0 Å². The number of nitrogens with zero attached hydrogens (tertiary/aromatic N) is 3. The van der Waals surface area contributed by atoms with E-state index in [-0.39, 0.29) is 0 Å². The van der Waals surface area contributed by atoms with Crippen molar-refractivity contribution in [3.05, 3.63) is 11.8 Å². The van der Waals surface area contributed by atoms with Crippen molar-refractivity contribution in [2.75, 3.05) is 34.8 Å². The summed E-state index contributed by atoms with van der Waals surface area (Å²) in [6.45, 7) is 8.45. The molecule has 4 nitrogen and oxygen atoms in total. The molecule has 0 radical (unpaired) electrons. The molecule has 1 saturated heterocycles. The van der Waals surface area contributed by atoms with E-state index in [1.54, 1.807) is 0 Å². The molecule has 0 amide bonds. The third kappa shape index (κ3) is 3.28. The first kappa shape index (κ1) is 13.5. The second-order valence-electron chi connectivity index (χ2n) is 4.74. The van der Waals surface area contributed by atoms with Gasteiger partial charge in [-0.3, -0.25) is 0 Å². The van der Waals surface area contributed by atoms with Crippen LogP contribution in [0.4, 0.5) is 11.8 Å². The number of hydrogen-bond donors (Lipinski definition) is 1. The molecule has 1 aliphatic heterocycles. The molecule has 1 fully saturated rings. The first-order valence-corrected chi connectivity index (χ1v) is 7.80. The van der Waals surface area contributed by atoms with Crippen molar-refractivity contribution in [1.29, 1.82) is 0 Å². The molecule has 0 aromatic carbocycles. The second-order valence-corrected chi connectivity index (χ2v) is 5.89. The Balaban J connectivity index is 2.18. The molecule has 100 valence electrons. The largest absolute Gasteiger partial charge is 0.354 e. The Morgan fingerprint density at radius 1 is 1.50 bits per heavy atom. The Morgan fingerprint density at radius 2 is 2.33 bits per heavy atom. The third-order valence-electron chi connectivity index (χ3n) is 3.04. The van der Waals surface area contributed by atoms with Gasteiger partial charge >= 0.3 is 0 Å². The molecule has 0 spiro atoms. The zero-order valence-corrected chi connectivity index (χ0v) is 12.3. The normalized spacial score (nSPS) is 19.9. The van der Waals surface area contributed by atoms with Gasteiger partial charge in [0.1, 0.15) is 5.82 Å². The van der Waals surface area contributed by atoms with Gasteiger partial charge in [0, 0.05) is 42.4 Å². The molecule has 2 rings (SSSR count). The Kier molecular flexibility index (Phi) is 4.69. The molecule has 18 heavy (non-hydrogen) atoms. The summed E-state index contributed by atoms with van der Waals surface area (Å²) in [5, 5.41) is 3.28. The van der Waals surface area contributed by atoms with Gasteiger partial charge in [0.2, 0.25) is 5.95 Å². The highest BCUT2D eigenvalue weighted by molar-refractivity contribution is 7.99. The van der Waals surface area contributed by atoms with Crippen LogP contribution in [0.15, 0.2) is 6.07 Å². The minimum absolute atomic E-state index is 0.553. The molecular formula is C13H22N4S. The Morgan fingerprint density at radius 3 is 3.06 bits per heavy atom. The van der Waals surface area contributed by atoms with Crippen molar-refractivity contribution >= 4 is 23.5 Å². The lowest BCUT2D eigenvalue weighted by Crippen LogP contribution is -2.41. The van der Waals surface area contributed by atoms with Gasteiger partial charge in [-0.1, -0.05) is 6.92 Å². The van der Waals surface area contributed by atoms with Crippen molar-refractivity contribution < 1.29 is 0 Å². The van der Waals surface area contributed by atoms with Gasteiger partial charge in [-0.05, 0) is 20.3 Å². The molecular weight excluding hydrogens is 244 g/mol. The van der Waals surface area contributed by atoms with Gasteiger partial charge in [-0.15, -0.1) is 0 Å². The highest BCUT2D eigenvalue weighted by Gasteiger charge is 2.20. The number of nitrogens with one attached hydrogen (secondary N) is 1. The summed E-state index contributed by atoms with van der Waals surface area (Å²) in [4.78, 5) is 11.5. The molecule has 0 bridgehead atoms. The van der Waals surface area contributed by atoms with Crippen molar-refractivity contribution in [2.45, 2.75) is 33.2 Å². The number of aromatic nitrogens is 2. The van der Waals surface area contributed by atoms with Crippen LogP contribution in [0.5, 0.6) is 0 Å². The fraction of sp³-hybridized carbons (Fsp3) is 0.692. The van der Waals surface area contributed by atoms with E-state index in [0.717, 1.165) is 37.0 Å². The Labute approximate surface area is 114 Å². The molecule has 1 atom stereocenters. The van der Waals surface area contributed by atoms with Crippen LogP contribution in [0.1, 0.15) is 26.0 Å². The molecule has 1 aromatic rings. The van der Waals surface area contributed by atoms with E-state index in [1.165, 1.54) is 11.5 Å². The molecule has 0 aliphatic carbocycles. The minimum Gasteiger partial charge on any atom is -0.354 e. The van der Waals surface area contributed by atoms with Crippen molar-refractivity contribution in [3.8, 4) is 0 Å². The highest BCUT2D eigenvalue weighted by atomic mass is 32.2. The van der Waals surface area contributed by atoms with Crippen molar-refractivity contribution in [1.82, 2.24) is 9.97 Å². The molecule has 0 saturated carbocycles. The number of anilines is 2. The molecule has 1 aliphatic rings. The first-order chi connectivity index (χ1) is 8.70.